The van der Waals surface area contributed by atoms with Crippen molar-refractivity contribution >= 4 is 22.9 Å². The molecule has 5 heteroatoms. The third-order valence-electron chi connectivity index (χ3n) is 4.47. The fourth-order valence-corrected chi connectivity index (χ4v) is 4.23. The molecule has 1 amide bonds. The number of aromatic nitrogens is 2. The van der Waals surface area contributed by atoms with E-state index in [9.17, 15) is 4.79 Å². The minimum absolute atomic E-state index is 0.00375. The molecular formula is C17H23N3OS. The van der Waals surface area contributed by atoms with Crippen LogP contribution in [-0.2, 0) is 19.9 Å². The minimum atomic E-state index is -0.00375. The Balaban J connectivity index is 1.82. The Hall–Kier alpha value is -1.62. The van der Waals surface area contributed by atoms with Gasteiger partial charge < -0.3 is 5.32 Å². The highest BCUT2D eigenvalue weighted by Gasteiger charge is 2.18. The molecule has 4 nitrogen and oxygen atoms in total. The van der Waals surface area contributed by atoms with Gasteiger partial charge in [0.2, 0.25) is 0 Å². The number of anilines is 1. The van der Waals surface area contributed by atoms with Crippen molar-refractivity contribution in [2.24, 2.45) is 7.05 Å². The summed E-state index contributed by atoms with van der Waals surface area (Å²) >= 11 is 1.66. The van der Waals surface area contributed by atoms with Crippen LogP contribution in [0.4, 0.5) is 5.69 Å². The zero-order chi connectivity index (χ0) is 15.7. The highest BCUT2D eigenvalue weighted by atomic mass is 32.1. The predicted octanol–water partition coefficient (Wildman–Crippen LogP) is 4.01. The monoisotopic (exact) mass is 317 g/mol. The Bertz CT molecular complexity index is 674. The second-order valence-corrected chi connectivity index (χ2v) is 7.23. The van der Waals surface area contributed by atoms with Gasteiger partial charge in [0.1, 0.15) is 0 Å². The average molecular weight is 317 g/mol. The molecule has 2 aromatic heterocycles. The molecule has 0 aliphatic heterocycles. The van der Waals surface area contributed by atoms with Crippen molar-refractivity contribution in [3.63, 3.8) is 0 Å². The second-order valence-electron chi connectivity index (χ2n) is 6.10. The number of carbonyl (C=O) groups is 1. The molecule has 0 radical (unpaired) electrons. The quantitative estimate of drug-likeness (QED) is 0.909. The molecular weight excluding hydrogens is 294 g/mol. The molecule has 0 bridgehead atoms. The van der Waals surface area contributed by atoms with Crippen molar-refractivity contribution in [2.45, 2.75) is 52.4 Å². The van der Waals surface area contributed by atoms with Gasteiger partial charge in [-0.2, -0.15) is 5.10 Å². The van der Waals surface area contributed by atoms with Crippen molar-refractivity contribution < 1.29 is 4.79 Å². The normalized spacial score (nSPS) is 15.0. The molecule has 2 aromatic rings. The summed E-state index contributed by atoms with van der Waals surface area (Å²) in [5, 5.41) is 7.40. The lowest BCUT2D eigenvalue weighted by Crippen LogP contribution is -2.11. The molecule has 2 heterocycles. The van der Waals surface area contributed by atoms with Crippen molar-refractivity contribution in [3.05, 3.63) is 32.8 Å². The molecule has 118 valence electrons. The lowest BCUT2D eigenvalue weighted by Gasteiger charge is -2.07. The summed E-state index contributed by atoms with van der Waals surface area (Å²) in [4.78, 5) is 14.8. The number of hydrogen-bond acceptors (Lipinski definition) is 3. The minimum Gasteiger partial charge on any atom is -0.318 e. The number of rotatable bonds is 2. The van der Waals surface area contributed by atoms with E-state index in [4.69, 9.17) is 0 Å². The standard InChI is InChI=1S/C17H23N3OS/c1-11-16(12(2)20(3)19-11)18-17(21)15-10-13-8-6-4-5-7-9-14(13)22-15/h10H,4-9H2,1-3H3,(H,18,21). The molecule has 1 N–H and O–H groups in total. The lowest BCUT2D eigenvalue weighted by atomic mass is 10.00. The maximum atomic E-state index is 12.6. The van der Waals surface area contributed by atoms with Gasteiger partial charge in [-0.1, -0.05) is 12.8 Å². The first-order valence-electron chi connectivity index (χ1n) is 7.99. The van der Waals surface area contributed by atoms with Crippen LogP contribution in [0.5, 0.6) is 0 Å². The van der Waals surface area contributed by atoms with E-state index in [-0.39, 0.29) is 5.91 Å². The van der Waals surface area contributed by atoms with E-state index in [0.29, 0.717) is 0 Å². The van der Waals surface area contributed by atoms with Crippen LogP contribution in [-0.4, -0.2) is 15.7 Å². The molecule has 3 rings (SSSR count). The Morgan fingerprint density at radius 1 is 1.23 bits per heavy atom. The highest BCUT2D eigenvalue weighted by molar-refractivity contribution is 7.14. The predicted molar refractivity (Wildman–Crippen MR) is 90.8 cm³/mol. The van der Waals surface area contributed by atoms with E-state index in [1.54, 1.807) is 16.0 Å². The SMILES string of the molecule is Cc1nn(C)c(C)c1NC(=O)c1cc2c(s1)CCCCCC2. The number of nitrogens with one attached hydrogen (secondary N) is 1. The van der Waals surface area contributed by atoms with Crippen molar-refractivity contribution in [1.29, 1.82) is 0 Å². The van der Waals surface area contributed by atoms with Crippen LogP contribution < -0.4 is 5.32 Å². The molecule has 0 spiro atoms. The molecule has 0 saturated carbocycles. The average Bonchev–Trinajstić information content (AvgIpc) is 2.95. The second kappa shape index (κ2) is 6.24. The number of fused-ring (bicyclic) bond motifs is 1. The van der Waals surface area contributed by atoms with Crippen LogP contribution in [0.15, 0.2) is 6.07 Å². The maximum Gasteiger partial charge on any atom is 0.265 e. The van der Waals surface area contributed by atoms with Crippen molar-refractivity contribution in [2.75, 3.05) is 5.32 Å². The van der Waals surface area contributed by atoms with Gasteiger partial charge in [0.25, 0.3) is 5.91 Å². The molecule has 0 saturated heterocycles. The zero-order valence-electron chi connectivity index (χ0n) is 13.5. The Morgan fingerprint density at radius 3 is 2.64 bits per heavy atom. The Kier molecular flexibility index (Phi) is 4.34. The third-order valence-corrected chi connectivity index (χ3v) is 5.70. The van der Waals surface area contributed by atoms with Gasteiger partial charge in [-0.25, -0.2) is 0 Å². The van der Waals surface area contributed by atoms with Crippen LogP contribution in [0.1, 0.15) is 57.2 Å². The largest absolute Gasteiger partial charge is 0.318 e. The summed E-state index contributed by atoms with van der Waals surface area (Å²) < 4.78 is 1.80. The topological polar surface area (TPSA) is 46.9 Å². The molecule has 0 aromatic carbocycles. The number of aryl methyl sites for hydroxylation is 4. The van der Waals surface area contributed by atoms with Crippen LogP contribution in [0.25, 0.3) is 0 Å². The van der Waals surface area contributed by atoms with Gasteiger partial charge in [0.15, 0.2) is 0 Å². The Labute approximate surface area is 135 Å². The summed E-state index contributed by atoms with van der Waals surface area (Å²) in [5.41, 5.74) is 4.08. The molecule has 22 heavy (non-hydrogen) atoms. The summed E-state index contributed by atoms with van der Waals surface area (Å²) in [6, 6.07) is 2.10. The van der Waals surface area contributed by atoms with E-state index in [1.165, 1.54) is 36.1 Å². The van der Waals surface area contributed by atoms with Gasteiger partial charge in [-0.05, 0) is 51.2 Å². The third kappa shape index (κ3) is 2.95. The van der Waals surface area contributed by atoms with Gasteiger partial charge in [-0.15, -0.1) is 11.3 Å². The molecule has 1 aliphatic carbocycles. The fourth-order valence-electron chi connectivity index (χ4n) is 3.09. The first kappa shape index (κ1) is 15.3. The van der Waals surface area contributed by atoms with E-state index >= 15 is 0 Å². The highest BCUT2D eigenvalue weighted by Crippen LogP contribution is 2.29. The van der Waals surface area contributed by atoms with Crippen molar-refractivity contribution in [3.8, 4) is 0 Å². The first-order valence-corrected chi connectivity index (χ1v) is 8.81. The number of hydrogen-bond donors (Lipinski definition) is 1. The summed E-state index contributed by atoms with van der Waals surface area (Å²) in [6.07, 6.45) is 7.35. The van der Waals surface area contributed by atoms with Gasteiger partial charge in [0.05, 0.1) is 22.0 Å². The van der Waals surface area contributed by atoms with Crippen LogP contribution >= 0.6 is 11.3 Å². The van der Waals surface area contributed by atoms with E-state index in [0.717, 1.165) is 34.8 Å². The summed E-state index contributed by atoms with van der Waals surface area (Å²) in [6.45, 7) is 3.90. The van der Waals surface area contributed by atoms with Crippen LogP contribution in [0.2, 0.25) is 0 Å². The van der Waals surface area contributed by atoms with Gasteiger partial charge in [-0.3, -0.25) is 9.48 Å². The lowest BCUT2D eigenvalue weighted by molar-refractivity contribution is 0.103. The molecule has 0 atom stereocenters. The molecule has 0 unspecified atom stereocenters. The first-order chi connectivity index (χ1) is 10.6. The molecule has 1 aliphatic rings. The van der Waals surface area contributed by atoms with Crippen molar-refractivity contribution in [1.82, 2.24) is 9.78 Å². The van der Waals surface area contributed by atoms with E-state index in [2.05, 4.69) is 16.5 Å². The number of thiophene rings is 1. The van der Waals surface area contributed by atoms with Crippen LogP contribution in [0.3, 0.4) is 0 Å². The van der Waals surface area contributed by atoms with Gasteiger partial charge >= 0.3 is 0 Å². The van der Waals surface area contributed by atoms with E-state index in [1.807, 2.05) is 20.9 Å². The van der Waals surface area contributed by atoms with Crippen LogP contribution in [0, 0.1) is 13.8 Å². The maximum absolute atomic E-state index is 12.6. The smallest absolute Gasteiger partial charge is 0.265 e. The summed E-state index contributed by atoms with van der Waals surface area (Å²) in [5.74, 6) is -0.00375. The zero-order valence-corrected chi connectivity index (χ0v) is 14.3. The van der Waals surface area contributed by atoms with Gasteiger partial charge in [0, 0.05) is 11.9 Å². The van der Waals surface area contributed by atoms with E-state index < -0.39 is 0 Å². The summed E-state index contributed by atoms with van der Waals surface area (Å²) in [7, 11) is 1.90. The number of carbonyl (C=O) groups excluding carboxylic acids is 1. The number of nitrogens with zero attached hydrogens (tertiary/aromatic N) is 2. The fraction of sp³-hybridized carbons (Fsp3) is 0.529. The number of amides is 1. The molecule has 0 fully saturated rings. The Morgan fingerprint density at radius 2 is 1.95 bits per heavy atom.